The lowest BCUT2D eigenvalue weighted by molar-refractivity contribution is 0.102. The van der Waals surface area contributed by atoms with Gasteiger partial charge < -0.3 is 5.32 Å². The number of nitrogens with zero attached hydrogens (tertiary/aromatic N) is 2. The summed E-state index contributed by atoms with van der Waals surface area (Å²) in [5.74, 6) is -1.01. The summed E-state index contributed by atoms with van der Waals surface area (Å²) in [6, 6.07) is 20.3. The Bertz CT molecular complexity index is 1330. The second-order valence-corrected chi connectivity index (χ2v) is 9.00. The van der Waals surface area contributed by atoms with Crippen LogP contribution in [0.2, 0.25) is 0 Å². The number of aromatic nitrogens is 1. The molecule has 1 aliphatic rings. The molecule has 34 heavy (non-hydrogen) atoms. The van der Waals surface area contributed by atoms with Crippen molar-refractivity contribution in [2.75, 3.05) is 18.4 Å². The van der Waals surface area contributed by atoms with E-state index >= 15 is 0 Å². The molecule has 1 fully saturated rings. The SMILES string of the molecule is Cc1c(NC(=O)c2ccc(-c3ccccc3)cc2F)ccc2cc(CN3CCCCC3)cnc12. The molecule has 0 bridgehead atoms. The summed E-state index contributed by atoms with van der Waals surface area (Å²) < 4.78 is 14.8. The monoisotopic (exact) mass is 453 g/mol. The third-order valence-corrected chi connectivity index (χ3v) is 6.59. The van der Waals surface area contributed by atoms with Gasteiger partial charge in [-0.2, -0.15) is 0 Å². The van der Waals surface area contributed by atoms with Crippen LogP contribution in [-0.4, -0.2) is 28.9 Å². The maximum absolute atomic E-state index is 14.8. The van der Waals surface area contributed by atoms with Crippen molar-refractivity contribution < 1.29 is 9.18 Å². The number of benzene rings is 3. The molecule has 4 aromatic rings. The summed E-state index contributed by atoms with van der Waals surface area (Å²) >= 11 is 0. The van der Waals surface area contributed by atoms with Crippen molar-refractivity contribution in [1.82, 2.24) is 9.88 Å². The molecule has 0 unspecified atom stereocenters. The Hall–Kier alpha value is -3.57. The number of piperidine rings is 1. The van der Waals surface area contributed by atoms with Gasteiger partial charge >= 0.3 is 0 Å². The van der Waals surface area contributed by atoms with Crippen molar-refractivity contribution in [2.45, 2.75) is 32.7 Å². The Balaban J connectivity index is 1.34. The zero-order valence-corrected chi connectivity index (χ0v) is 19.4. The van der Waals surface area contributed by atoms with Crippen molar-refractivity contribution in [1.29, 1.82) is 0 Å². The normalized spacial score (nSPS) is 14.3. The molecule has 4 nitrogen and oxygen atoms in total. The summed E-state index contributed by atoms with van der Waals surface area (Å²) in [6.07, 6.45) is 5.77. The van der Waals surface area contributed by atoms with Crippen LogP contribution in [0, 0.1) is 12.7 Å². The van der Waals surface area contributed by atoms with Gasteiger partial charge in [0.05, 0.1) is 11.1 Å². The van der Waals surface area contributed by atoms with E-state index in [-0.39, 0.29) is 5.56 Å². The van der Waals surface area contributed by atoms with Crippen LogP contribution in [0.25, 0.3) is 22.0 Å². The Morgan fingerprint density at radius 1 is 0.971 bits per heavy atom. The molecule has 0 atom stereocenters. The van der Waals surface area contributed by atoms with E-state index in [0.29, 0.717) is 5.69 Å². The van der Waals surface area contributed by atoms with E-state index in [1.54, 1.807) is 6.07 Å². The van der Waals surface area contributed by atoms with Crippen LogP contribution in [0.15, 0.2) is 72.9 Å². The average molecular weight is 454 g/mol. The van der Waals surface area contributed by atoms with Crippen LogP contribution < -0.4 is 5.32 Å². The number of likely N-dealkylation sites (tertiary alicyclic amines) is 1. The first kappa shape index (κ1) is 22.2. The Morgan fingerprint density at radius 3 is 2.53 bits per heavy atom. The molecule has 3 aromatic carbocycles. The highest BCUT2D eigenvalue weighted by molar-refractivity contribution is 6.06. The molecule has 1 aliphatic heterocycles. The van der Waals surface area contributed by atoms with Gasteiger partial charge in [0.15, 0.2) is 0 Å². The number of amides is 1. The van der Waals surface area contributed by atoms with Crippen LogP contribution in [-0.2, 0) is 6.54 Å². The third kappa shape index (κ3) is 4.70. The number of fused-ring (bicyclic) bond motifs is 1. The number of rotatable bonds is 5. The van der Waals surface area contributed by atoms with Gasteiger partial charge in [-0.25, -0.2) is 4.39 Å². The molecule has 1 aromatic heterocycles. The second kappa shape index (κ2) is 9.74. The van der Waals surface area contributed by atoms with Gasteiger partial charge in [-0.1, -0.05) is 48.9 Å². The molecule has 0 spiro atoms. The first-order chi connectivity index (χ1) is 16.6. The summed E-state index contributed by atoms with van der Waals surface area (Å²) in [7, 11) is 0. The molecule has 0 radical (unpaired) electrons. The highest BCUT2D eigenvalue weighted by atomic mass is 19.1. The number of carbonyl (C=O) groups excluding carboxylic acids is 1. The third-order valence-electron chi connectivity index (χ3n) is 6.59. The number of hydrogen-bond acceptors (Lipinski definition) is 3. The average Bonchev–Trinajstić information content (AvgIpc) is 2.87. The van der Waals surface area contributed by atoms with Gasteiger partial charge in [0.25, 0.3) is 5.91 Å². The molecule has 0 saturated carbocycles. The molecular formula is C29H28FN3O. The quantitative estimate of drug-likeness (QED) is 0.371. The van der Waals surface area contributed by atoms with E-state index in [4.69, 9.17) is 4.98 Å². The minimum Gasteiger partial charge on any atom is -0.322 e. The van der Waals surface area contributed by atoms with E-state index in [1.807, 2.05) is 55.6 Å². The highest BCUT2D eigenvalue weighted by Crippen LogP contribution is 2.27. The van der Waals surface area contributed by atoms with Crippen molar-refractivity contribution in [3.05, 3.63) is 95.4 Å². The lowest BCUT2D eigenvalue weighted by atomic mass is 10.0. The fourth-order valence-corrected chi connectivity index (χ4v) is 4.69. The maximum atomic E-state index is 14.8. The fraction of sp³-hybridized carbons (Fsp3) is 0.241. The summed E-state index contributed by atoms with van der Waals surface area (Å²) in [6.45, 7) is 5.14. The number of carbonyl (C=O) groups is 1. The van der Waals surface area contributed by atoms with Crippen LogP contribution in [0.4, 0.5) is 10.1 Å². The van der Waals surface area contributed by atoms with Gasteiger partial charge in [-0.05, 0) is 79.4 Å². The molecule has 1 amide bonds. The Morgan fingerprint density at radius 2 is 1.76 bits per heavy atom. The van der Waals surface area contributed by atoms with Gasteiger partial charge in [-0.15, -0.1) is 0 Å². The number of aryl methyl sites for hydroxylation is 1. The number of pyridine rings is 1. The van der Waals surface area contributed by atoms with Crippen molar-refractivity contribution in [2.24, 2.45) is 0 Å². The summed E-state index contributed by atoms with van der Waals surface area (Å²) in [4.78, 5) is 20.0. The predicted molar refractivity (Wildman–Crippen MR) is 135 cm³/mol. The molecule has 2 heterocycles. The first-order valence-corrected chi connectivity index (χ1v) is 11.9. The summed E-state index contributed by atoms with van der Waals surface area (Å²) in [5.41, 5.74) is 5.22. The zero-order valence-electron chi connectivity index (χ0n) is 19.4. The minimum atomic E-state index is -0.544. The van der Waals surface area contributed by atoms with Crippen LogP contribution >= 0.6 is 0 Å². The highest BCUT2D eigenvalue weighted by Gasteiger charge is 2.16. The number of anilines is 1. The lowest BCUT2D eigenvalue weighted by Gasteiger charge is -2.26. The predicted octanol–water partition coefficient (Wildman–Crippen LogP) is 6.59. The molecular weight excluding hydrogens is 425 g/mol. The smallest absolute Gasteiger partial charge is 0.258 e. The largest absolute Gasteiger partial charge is 0.322 e. The Kier molecular flexibility index (Phi) is 6.37. The fourth-order valence-electron chi connectivity index (χ4n) is 4.69. The van der Waals surface area contributed by atoms with Gasteiger partial charge in [0.2, 0.25) is 0 Å². The van der Waals surface area contributed by atoms with E-state index < -0.39 is 11.7 Å². The standard InChI is InChI=1S/C29H28FN3O/c1-20-27(13-11-24-16-21(18-31-28(20)24)19-33-14-6-3-7-15-33)32-29(34)25-12-10-23(17-26(25)30)22-8-4-2-5-9-22/h2,4-5,8-13,16-18H,3,6-7,14-15,19H2,1H3,(H,32,34). The van der Waals surface area contributed by atoms with Gasteiger partial charge in [0.1, 0.15) is 5.82 Å². The Labute approximate surface area is 199 Å². The zero-order chi connectivity index (χ0) is 23.5. The number of halogens is 1. The van der Waals surface area contributed by atoms with Crippen molar-refractivity contribution >= 4 is 22.5 Å². The van der Waals surface area contributed by atoms with Crippen LogP contribution in [0.3, 0.4) is 0 Å². The van der Waals surface area contributed by atoms with E-state index in [2.05, 4.69) is 16.3 Å². The lowest BCUT2D eigenvalue weighted by Crippen LogP contribution is -2.29. The van der Waals surface area contributed by atoms with Crippen LogP contribution in [0.5, 0.6) is 0 Å². The van der Waals surface area contributed by atoms with Gasteiger partial charge in [-0.3, -0.25) is 14.7 Å². The molecule has 1 N–H and O–H groups in total. The molecule has 172 valence electrons. The summed E-state index contributed by atoms with van der Waals surface area (Å²) in [5, 5.41) is 3.92. The second-order valence-electron chi connectivity index (χ2n) is 9.00. The van der Waals surface area contributed by atoms with Gasteiger partial charge in [0, 0.05) is 23.8 Å². The van der Waals surface area contributed by atoms with Crippen LogP contribution in [0.1, 0.15) is 40.7 Å². The van der Waals surface area contributed by atoms with E-state index in [1.165, 1.54) is 37.0 Å². The first-order valence-electron chi connectivity index (χ1n) is 11.9. The van der Waals surface area contributed by atoms with E-state index in [9.17, 15) is 9.18 Å². The maximum Gasteiger partial charge on any atom is 0.258 e. The molecule has 5 heteroatoms. The molecule has 0 aliphatic carbocycles. The number of nitrogens with one attached hydrogen (secondary N) is 1. The minimum absolute atomic E-state index is 0.0176. The molecule has 1 saturated heterocycles. The van der Waals surface area contributed by atoms with Crippen molar-refractivity contribution in [3.63, 3.8) is 0 Å². The number of hydrogen-bond donors (Lipinski definition) is 1. The topological polar surface area (TPSA) is 45.2 Å². The van der Waals surface area contributed by atoms with Crippen molar-refractivity contribution in [3.8, 4) is 11.1 Å². The van der Waals surface area contributed by atoms with E-state index in [0.717, 1.165) is 47.2 Å². The molecule has 5 rings (SSSR count).